The van der Waals surface area contributed by atoms with Crippen LogP contribution in [-0.2, 0) is 4.79 Å². The number of rotatable bonds is 6. The van der Waals surface area contributed by atoms with Crippen LogP contribution in [-0.4, -0.2) is 41.7 Å². The fourth-order valence-electron chi connectivity index (χ4n) is 2.63. The molecule has 104 valence electrons. The van der Waals surface area contributed by atoms with Crippen molar-refractivity contribution in [2.24, 2.45) is 0 Å². The molecular weight excluding hydrogens is 240 g/mol. The predicted octanol–water partition coefficient (Wildman–Crippen LogP) is 1.89. The van der Waals surface area contributed by atoms with Crippen LogP contribution in [0.25, 0.3) is 0 Å². The summed E-state index contributed by atoms with van der Waals surface area (Å²) in [5, 5.41) is 12.0. The lowest BCUT2D eigenvalue weighted by Crippen LogP contribution is -2.34. The molecule has 1 fully saturated rings. The number of hydrogen-bond donors (Lipinski definition) is 2. The average Bonchev–Trinajstić information content (AvgIpc) is 2.87. The van der Waals surface area contributed by atoms with Gasteiger partial charge in [0.2, 0.25) is 0 Å². The van der Waals surface area contributed by atoms with Gasteiger partial charge in [0, 0.05) is 31.7 Å². The van der Waals surface area contributed by atoms with Gasteiger partial charge in [-0.25, -0.2) is 0 Å². The first-order valence-electron chi connectivity index (χ1n) is 6.91. The van der Waals surface area contributed by atoms with Crippen LogP contribution >= 0.6 is 0 Å². The number of hydrogen-bond acceptors (Lipinski definition) is 3. The molecular formula is C15H22N2O2. The van der Waals surface area contributed by atoms with E-state index in [4.69, 9.17) is 5.11 Å². The molecule has 4 heteroatoms. The molecule has 0 radical (unpaired) electrons. The van der Waals surface area contributed by atoms with Crippen LogP contribution < -0.4 is 5.32 Å². The van der Waals surface area contributed by atoms with Gasteiger partial charge in [-0.15, -0.1) is 0 Å². The second kappa shape index (κ2) is 6.68. The first kappa shape index (κ1) is 14.0. The lowest BCUT2D eigenvalue weighted by atomic mass is 10.1. The van der Waals surface area contributed by atoms with Crippen LogP contribution in [0, 0.1) is 0 Å². The van der Waals surface area contributed by atoms with Gasteiger partial charge in [0.25, 0.3) is 0 Å². The number of carbonyl (C=O) groups is 1. The minimum absolute atomic E-state index is 0.199. The first-order valence-corrected chi connectivity index (χ1v) is 6.91. The summed E-state index contributed by atoms with van der Waals surface area (Å²) in [5.74, 6) is -0.736. The van der Waals surface area contributed by atoms with Crippen molar-refractivity contribution < 1.29 is 9.90 Å². The average molecular weight is 262 g/mol. The van der Waals surface area contributed by atoms with E-state index in [-0.39, 0.29) is 6.42 Å². The van der Waals surface area contributed by atoms with E-state index in [0.29, 0.717) is 18.6 Å². The zero-order chi connectivity index (χ0) is 13.7. The summed E-state index contributed by atoms with van der Waals surface area (Å²) in [5.41, 5.74) is 1.34. The number of nitrogens with one attached hydrogen (secondary N) is 1. The molecule has 0 bridgehead atoms. The van der Waals surface area contributed by atoms with Gasteiger partial charge in [-0.05, 0) is 18.9 Å². The summed E-state index contributed by atoms with van der Waals surface area (Å²) in [6.07, 6.45) is 1.29. The van der Waals surface area contributed by atoms with Crippen molar-refractivity contribution in [3.05, 3.63) is 35.9 Å². The Morgan fingerprint density at radius 2 is 2.21 bits per heavy atom. The first-order chi connectivity index (χ1) is 9.16. The van der Waals surface area contributed by atoms with Crippen LogP contribution in [0.3, 0.4) is 0 Å². The monoisotopic (exact) mass is 262 g/mol. The van der Waals surface area contributed by atoms with Crippen molar-refractivity contribution in [3.8, 4) is 0 Å². The summed E-state index contributed by atoms with van der Waals surface area (Å²) < 4.78 is 0. The fraction of sp³-hybridized carbons (Fsp3) is 0.533. The molecule has 1 aliphatic rings. The smallest absolute Gasteiger partial charge is 0.304 e. The van der Waals surface area contributed by atoms with E-state index < -0.39 is 5.97 Å². The highest BCUT2D eigenvalue weighted by Crippen LogP contribution is 2.24. The second-order valence-electron chi connectivity index (χ2n) is 5.17. The molecule has 1 saturated heterocycles. The molecule has 4 nitrogen and oxygen atoms in total. The molecule has 1 aromatic carbocycles. The minimum atomic E-state index is -0.736. The molecule has 2 N–H and O–H groups in total. The second-order valence-corrected chi connectivity index (χ2v) is 5.17. The van der Waals surface area contributed by atoms with Crippen LogP contribution in [0.1, 0.15) is 31.4 Å². The quantitative estimate of drug-likeness (QED) is 0.822. The molecule has 1 heterocycles. The number of benzene rings is 1. The minimum Gasteiger partial charge on any atom is -0.481 e. The van der Waals surface area contributed by atoms with Crippen LogP contribution in [0.15, 0.2) is 30.3 Å². The third-order valence-electron chi connectivity index (χ3n) is 3.82. The Bertz CT molecular complexity index is 408. The number of carboxylic acid groups (broad SMARTS) is 1. The number of nitrogens with zero attached hydrogens (tertiary/aromatic N) is 1. The Morgan fingerprint density at radius 3 is 2.89 bits per heavy atom. The lowest BCUT2D eigenvalue weighted by molar-refractivity contribution is -0.136. The van der Waals surface area contributed by atoms with E-state index in [0.717, 1.165) is 19.5 Å². The van der Waals surface area contributed by atoms with E-state index in [9.17, 15) is 4.79 Å². The number of likely N-dealkylation sites (tertiary alicyclic amines) is 1. The van der Waals surface area contributed by atoms with Gasteiger partial charge in [0.15, 0.2) is 0 Å². The van der Waals surface area contributed by atoms with Gasteiger partial charge < -0.3 is 10.4 Å². The molecule has 0 aliphatic carbocycles. The molecule has 0 amide bonds. The maximum atomic E-state index is 10.5. The topological polar surface area (TPSA) is 52.6 Å². The fourth-order valence-corrected chi connectivity index (χ4v) is 2.63. The Morgan fingerprint density at radius 1 is 1.47 bits per heavy atom. The van der Waals surface area contributed by atoms with Gasteiger partial charge in [0.05, 0.1) is 6.42 Å². The Labute approximate surface area is 114 Å². The van der Waals surface area contributed by atoms with Crippen molar-refractivity contribution in [1.82, 2.24) is 10.2 Å². The highest BCUT2D eigenvalue weighted by molar-refractivity contribution is 5.66. The van der Waals surface area contributed by atoms with E-state index in [1.54, 1.807) is 0 Å². The largest absolute Gasteiger partial charge is 0.481 e. The Kier molecular flexibility index (Phi) is 4.93. The standard InChI is InChI=1S/C15H22N2O2/c1-12(13-5-3-2-4-6-13)17-10-8-14(11-17)16-9-7-15(18)19/h2-6,12,14,16H,7-11H2,1H3,(H,18,19)/t12-,14-/m1/s1. The summed E-state index contributed by atoms with van der Waals surface area (Å²) in [6.45, 7) is 4.86. The van der Waals surface area contributed by atoms with Gasteiger partial charge >= 0.3 is 5.97 Å². The molecule has 0 saturated carbocycles. The Hall–Kier alpha value is -1.39. The number of carboxylic acids is 1. The van der Waals surface area contributed by atoms with Crippen molar-refractivity contribution in [2.75, 3.05) is 19.6 Å². The summed E-state index contributed by atoms with van der Waals surface area (Å²) in [4.78, 5) is 12.9. The zero-order valence-electron chi connectivity index (χ0n) is 11.4. The summed E-state index contributed by atoms with van der Waals surface area (Å²) >= 11 is 0. The Balaban J connectivity index is 1.80. The van der Waals surface area contributed by atoms with E-state index in [2.05, 4.69) is 41.4 Å². The van der Waals surface area contributed by atoms with Gasteiger partial charge in [-0.1, -0.05) is 30.3 Å². The molecule has 0 unspecified atom stereocenters. The zero-order valence-corrected chi connectivity index (χ0v) is 11.4. The van der Waals surface area contributed by atoms with Crippen LogP contribution in [0.2, 0.25) is 0 Å². The molecule has 1 aromatic rings. The van der Waals surface area contributed by atoms with Crippen LogP contribution in [0.4, 0.5) is 0 Å². The summed E-state index contributed by atoms with van der Waals surface area (Å²) in [6, 6.07) is 11.4. The van der Waals surface area contributed by atoms with Crippen molar-refractivity contribution in [3.63, 3.8) is 0 Å². The molecule has 0 spiro atoms. The van der Waals surface area contributed by atoms with Crippen molar-refractivity contribution >= 4 is 5.97 Å². The maximum Gasteiger partial charge on any atom is 0.304 e. The van der Waals surface area contributed by atoms with Gasteiger partial charge in [-0.2, -0.15) is 0 Å². The third kappa shape index (κ3) is 4.04. The lowest BCUT2D eigenvalue weighted by Gasteiger charge is -2.24. The molecule has 2 rings (SSSR count). The van der Waals surface area contributed by atoms with Gasteiger partial charge in [-0.3, -0.25) is 9.69 Å². The van der Waals surface area contributed by atoms with Crippen molar-refractivity contribution in [1.29, 1.82) is 0 Å². The highest BCUT2D eigenvalue weighted by atomic mass is 16.4. The highest BCUT2D eigenvalue weighted by Gasteiger charge is 2.26. The molecule has 0 aromatic heterocycles. The van der Waals surface area contributed by atoms with E-state index >= 15 is 0 Å². The third-order valence-corrected chi connectivity index (χ3v) is 3.82. The normalized spacial score (nSPS) is 21.4. The van der Waals surface area contributed by atoms with E-state index in [1.165, 1.54) is 5.56 Å². The molecule has 2 atom stereocenters. The predicted molar refractivity (Wildman–Crippen MR) is 75.1 cm³/mol. The van der Waals surface area contributed by atoms with E-state index in [1.807, 2.05) is 6.07 Å². The number of aliphatic carboxylic acids is 1. The van der Waals surface area contributed by atoms with Crippen molar-refractivity contribution in [2.45, 2.75) is 31.8 Å². The summed E-state index contributed by atoms with van der Waals surface area (Å²) in [7, 11) is 0. The molecule has 1 aliphatic heterocycles. The van der Waals surface area contributed by atoms with Gasteiger partial charge in [0.1, 0.15) is 0 Å². The van der Waals surface area contributed by atoms with Crippen LogP contribution in [0.5, 0.6) is 0 Å². The maximum absolute atomic E-state index is 10.5. The molecule has 19 heavy (non-hydrogen) atoms. The SMILES string of the molecule is C[C@H](c1ccccc1)N1CC[C@@H](NCCC(=O)O)C1.